The first-order valence-electron chi connectivity index (χ1n) is 7.57. The number of hydrogen-bond donors (Lipinski definition) is 0. The van der Waals surface area contributed by atoms with E-state index in [0.717, 1.165) is 0 Å². The Morgan fingerprint density at radius 3 is 0.517 bits per heavy atom. The van der Waals surface area contributed by atoms with Crippen molar-refractivity contribution in [1.82, 2.24) is 0 Å². The molecule has 0 fully saturated rings. The number of carboxylic acids is 6. The first-order valence-corrected chi connectivity index (χ1v) is 7.57. The molecule has 0 aromatic rings. The van der Waals surface area contributed by atoms with Gasteiger partial charge in [-0.05, 0) is 57.8 Å². The van der Waals surface area contributed by atoms with Crippen molar-refractivity contribution < 1.29 is 94.1 Å². The summed E-state index contributed by atoms with van der Waals surface area (Å²) in [5, 5.41) is 57.9. The van der Waals surface area contributed by atoms with Crippen molar-refractivity contribution in [2.75, 3.05) is 0 Å². The molecule has 0 amide bonds. The Hall–Kier alpha value is -2.12. The summed E-state index contributed by atoms with van der Waals surface area (Å²) >= 11 is 0. The maximum Gasteiger partial charge on any atom is 3.00 e. The van der Waals surface area contributed by atoms with Crippen LogP contribution in [0.5, 0.6) is 0 Å². The molecular formula is C15H18Cr2O12. The van der Waals surface area contributed by atoms with Crippen LogP contribution in [0, 0.1) is 0 Å². The second kappa shape index (κ2) is 25.9. The van der Waals surface area contributed by atoms with E-state index >= 15 is 0 Å². The minimum Gasteiger partial charge on any atom is -0.550 e. The van der Waals surface area contributed by atoms with E-state index in [1.54, 1.807) is 0 Å². The largest absolute Gasteiger partial charge is 3.00 e. The molecule has 29 heavy (non-hydrogen) atoms. The van der Waals surface area contributed by atoms with Crippen molar-refractivity contribution in [2.24, 2.45) is 0 Å². The van der Waals surface area contributed by atoms with Gasteiger partial charge in [-0.2, -0.15) is 0 Å². The van der Waals surface area contributed by atoms with Gasteiger partial charge in [-0.3, -0.25) is 0 Å². The van der Waals surface area contributed by atoms with Gasteiger partial charge in [0.15, 0.2) is 0 Å². The average Bonchev–Trinajstić information content (AvgIpc) is 2.46. The van der Waals surface area contributed by atoms with Crippen molar-refractivity contribution in [3.8, 4) is 0 Å². The molecular weight excluding hydrogens is 476 g/mol. The van der Waals surface area contributed by atoms with Crippen LogP contribution in [0.3, 0.4) is 0 Å². The summed E-state index contributed by atoms with van der Waals surface area (Å²) in [5.74, 6) is -7.35. The van der Waals surface area contributed by atoms with Gasteiger partial charge in [0, 0.05) is 35.8 Å². The first kappa shape index (κ1) is 37.6. The normalized spacial score (nSPS) is 8.28. The predicted molar refractivity (Wildman–Crippen MR) is 71.6 cm³/mol. The molecule has 0 bridgehead atoms. The minimum atomic E-state index is -1.23. The molecule has 0 spiro atoms. The van der Waals surface area contributed by atoms with Crippen molar-refractivity contribution in [3.05, 3.63) is 0 Å². The van der Waals surface area contributed by atoms with Crippen LogP contribution in [0.1, 0.15) is 57.8 Å². The summed E-state index contributed by atoms with van der Waals surface area (Å²) in [7, 11) is 0. The van der Waals surface area contributed by atoms with E-state index < -0.39 is 35.8 Å². The summed E-state index contributed by atoms with van der Waals surface area (Å²) in [4.78, 5) is 57.9. The Balaban J connectivity index is -0.0000000960. The van der Waals surface area contributed by atoms with Crippen LogP contribution in [0.25, 0.3) is 0 Å². The SMILES string of the molecule is O=C([O-])CCCC(=O)[O-].O=C([O-])CCCC(=O)[O-].O=C([O-])CCCC(=O)[O-].[Cr+3].[Cr+3]. The summed E-state index contributed by atoms with van der Waals surface area (Å²) in [6.45, 7) is 0. The van der Waals surface area contributed by atoms with Gasteiger partial charge >= 0.3 is 34.7 Å². The molecule has 0 aromatic carbocycles. The van der Waals surface area contributed by atoms with Gasteiger partial charge in [-0.25, -0.2) is 0 Å². The van der Waals surface area contributed by atoms with Crippen molar-refractivity contribution in [3.63, 3.8) is 0 Å². The fourth-order valence-corrected chi connectivity index (χ4v) is 1.13. The zero-order chi connectivity index (χ0) is 21.8. The number of aliphatic carboxylic acids is 6. The Bertz CT molecular complexity index is 394. The summed E-state index contributed by atoms with van der Waals surface area (Å²) in [5.41, 5.74) is 0. The predicted octanol–water partition coefficient (Wildman–Crippen LogP) is -7.04. The Kier molecular flexibility index (Phi) is 33.6. The third-order valence-electron chi connectivity index (χ3n) is 2.29. The molecule has 14 heteroatoms. The van der Waals surface area contributed by atoms with Gasteiger partial charge in [0.05, 0.1) is 0 Å². The van der Waals surface area contributed by atoms with Crippen LogP contribution in [-0.4, -0.2) is 35.8 Å². The van der Waals surface area contributed by atoms with Gasteiger partial charge in [0.1, 0.15) is 0 Å². The van der Waals surface area contributed by atoms with Crippen molar-refractivity contribution in [1.29, 1.82) is 0 Å². The molecule has 0 unspecified atom stereocenters. The maximum atomic E-state index is 9.66. The van der Waals surface area contributed by atoms with Gasteiger partial charge in [0.2, 0.25) is 0 Å². The number of carbonyl (C=O) groups excluding carboxylic acids is 6. The topological polar surface area (TPSA) is 241 Å². The van der Waals surface area contributed by atoms with Crippen LogP contribution in [-0.2, 0) is 63.5 Å². The molecule has 0 aliphatic rings. The number of carbonyl (C=O) groups is 6. The molecule has 0 saturated heterocycles. The van der Waals surface area contributed by atoms with Crippen LogP contribution in [0.4, 0.5) is 0 Å². The molecule has 2 radical (unpaired) electrons. The smallest absolute Gasteiger partial charge is 0.550 e. The Morgan fingerprint density at radius 2 is 0.448 bits per heavy atom. The maximum absolute atomic E-state index is 9.66. The molecule has 0 heterocycles. The minimum absolute atomic E-state index is 0. The Labute approximate surface area is 187 Å². The summed E-state index contributed by atoms with van der Waals surface area (Å²) in [6, 6.07) is 0. The second-order valence-electron chi connectivity index (χ2n) is 4.79. The van der Waals surface area contributed by atoms with Crippen molar-refractivity contribution >= 4 is 35.8 Å². The standard InChI is InChI=1S/3C5H8O4.2Cr/c3*6-4(7)2-1-3-5(8)9;;/h3*1-3H2,(H,6,7)(H,8,9);;/q;;;2*+3/p-6. The van der Waals surface area contributed by atoms with E-state index in [1.165, 1.54) is 0 Å². The van der Waals surface area contributed by atoms with E-state index in [-0.39, 0.29) is 92.5 Å². The fraction of sp³-hybridized carbons (Fsp3) is 0.600. The van der Waals surface area contributed by atoms with Gasteiger partial charge in [-0.1, -0.05) is 0 Å². The molecule has 162 valence electrons. The number of carboxylic acid groups (broad SMARTS) is 6. The monoisotopic (exact) mass is 494 g/mol. The van der Waals surface area contributed by atoms with Gasteiger partial charge in [0.25, 0.3) is 0 Å². The van der Waals surface area contributed by atoms with E-state index in [1.807, 2.05) is 0 Å². The van der Waals surface area contributed by atoms with E-state index in [4.69, 9.17) is 0 Å². The van der Waals surface area contributed by atoms with E-state index in [9.17, 15) is 59.4 Å². The quantitative estimate of drug-likeness (QED) is 0.246. The van der Waals surface area contributed by atoms with E-state index in [0.29, 0.717) is 0 Å². The zero-order valence-electron chi connectivity index (χ0n) is 15.1. The fourth-order valence-electron chi connectivity index (χ4n) is 1.13. The van der Waals surface area contributed by atoms with Crippen LogP contribution < -0.4 is 30.6 Å². The molecule has 0 aliphatic heterocycles. The zero-order valence-corrected chi connectivity index (χ0v) is 17.6. The summed E-state index contributed by atoms with van der Waals surface area (Å²) in [6.07, 6.45) is -1.02. The van der Waals surface area contributed by atoms with Crippen LogP contribution in [0.2, 0.25) is 0 Å². The average molecular weight is 494 g/mol. The third kappa shape index (κ3) is 58.5. The van der Waals surface area contributed by atoms with Crippen LogP contribution >= 0.6 is 0 Å². The van der Waals surface area contributed by atoms with Gasteiger partial charge in [-0.15, -0.1) is 0 Å². The molecule has 0 aliphatic carbocycles. The van der Waals surface area contributed by atoms with Gasteiger partial charge < -0.3 is 59.4 Å². The van der Waals surface area contributed by atoms with Crippen LogP contribution in [0.15, 0.2) is 0 Å². The molecule has 0 N–H and O–H groups in total. The summed E-state index contributed by atoms with van der Waals surface area (Å²) < 4.78 is 0. The second-order valence-corrected chi connectivity index (χ2v) is 4.79. The molecule has 0 atom stereocenters. The van der Waals surface area contributed by atoms with E-state index in [2.05, 4.69) is 0 Å². The molecule has 12 nitrogen and oxygen atoms in total. The molecule has 0 aromatic heterocycles. The molecule has 0 saturated carbocycles. The molecule has 0 rings (SSSR count). The third-order valence-corrected chi connectivity index (χ3v) is 2.29. The number of hydrogen-bond acceptors (Lipinski definition) is 12. The number of rotatable bonds is 12. The first-order chi connectivity index (χ1) is 12.4. The Morgan fingerprint density at radius 1 is 0.345 bits per heavy atom. The van der Waals surface area contributed by atoms with Crippen molar-refractivity contribution in [2.45, 2.75) is 57.8 Å².